The molecule has 2 aromatic carbocycles. The number of rotatable bonds is 7. The van der Waals surface area contributed by atoms with E-state index in [4.69, 9.17) is 9.47 Å². The maximum Gasteiger partial charge on any atom is 0.322 e. The first kappa shape index (κ1) is 22.3. The zero-order valence-corrected chi connectivity index (χ0v) is 17.3. The molecule has 2 N–H and O–H groups in total. The van der Waals surface area contributed by atoms with Gasteiger partial charge in [0, 0.05) is 12.6 Å². The van der Waals surface area contributed by atoms with Gasteiger partial charge >= 0.3 is 12.0 Å². The van der Waals surface area contributed by atoms with E-state index in [2.05, 4.69) is 5.32 Å². The van der Waals surface area contributed by atoms with Gasteiger partial charge in [-0.05, 0) is 55.7 Å². The van der Waals surface area contributed by atoms with Gasteiger partial charge in [-0.25, -0.2) is 13.6 Å². The van der Waals surface area contributed by atoms with Gasteiger partial charge in [-0.15, -0.1) is 0 Å². The fourth-order valence-corrected chi connectivity index (χ4v) is 3.65. The Bertz CT molecular complexity index is 983. The van der Waals surface area contributed by atoms with Crippen LogP contribution < -0.4 is 14.8 Å². The third-order valence-electron chi connectivity index (χ3n) is 4.96. The number of carboxylic acid groups (broad SMARTS) is 1. The number of fused-ring (bicyclic) bond motifs is 1. The molecule has 9 heteroatoms. The summed E-state index contributed by atoms with van der Waals surface area (Å²) in [5.74, 6) is -1.58. The number of hydrogen-bond acceptors (Lipinski definition) is 4. The summed E-state index contributed by atoms with van der Waals surface area (Å²) in [7, 11) is 0. The predicted molar refractivity (Wildman–Crippen MR) is 110 cm³/mol. The summed E-state index contributed by atoms with van der Waals surface area (Å²) in [6, 6.07) is 4.70. The lowest BCUT2D eigenvalue weighted by molar-refractivity contribution is -0.138. The minimum atomic E-state index is -1.10. The Morgan fingerprint density at radius 2 is 1.81 bits per heavy atom. The third kappa shape index (κ3) is 5.04. The van der Waals surface area contributed by atoms with Gasteiger partial charge in [0.2, 0.25) is 0 Å². The Kier molecular flexibility index (Phi) is 6.94. The maximum absolute atomic E-state index is 14.0. The van der Waals surface area contributed by atoms with Crippen LogP contribution in [0.5, 0.6) is 11.5 Å². The van der Waals surface area contributed by atoms with Gasteiger partial charge in [-0.1, -0.05) is 0 Å². The van der Waals surface area contributed by atoms with Crippen LogP contribution >= 0.6 is 0 Å². The topological polar surface area (TPSA) is 88.1 Å². The molecule has 2 amide bonds. The number of urea groups is 1. The molecule has 0 unspecified atom stereocenters. The highest BCUT2D eigenvalue weighted by Crippen LogP contribution is 2.40. The number of benzene rings is 2. The molecule has 0 bridgehead atoms. The van der Waals surface area contributed by atoms with Crippen LogP contribution in [0.25, 0.3) is 0 Å². The van der Waals surface area contributed by atoms with Crippen molar-refractivity contribution in [1.82, 2.24) is 4.90 Å². The molecule has 0 radical (unpaired) electrons. The van der Waals surface area contributed by atoms with Crippen molar-refractivity contribution < 1.29 is 33.0 Å². The van der Waals surface area contributed by atoms with E-state index in [0.29, 0.717) is 36.7 Å². The largest absolute Gasteiger partial charge is 0.490 e. The molecule has 31 heavy (non-hydrogen) atoms. The van der Waals surface area contributed by atoms with Gasteiger partial charge in [-0.3, -0.25) is 4.79 Å². The van der Waals surface area contributed by atoms with E-state index >= 15 is 0 Å². The normalized spacial score (nSPS) is 15.2. The van der Waals surface area contributed by atoms with Crippen LogP contribution in [0.2, 0.25) is 0 Å². The van der Waals surface area contributed by atoms with Crippen molar-refractivity contribution in [3.8, 4) is 11.5 Å². The summed E-state index contributed by atoms with van der Waals surface area (Å²) in [6.07, 6.45) is 0.0859. The first-order valence-corrected chi connectivity index (χ1v) is 10.0. The smallest absolute Gasteiger partial charge is 0.322 e. The second-order valence-corrected chi connectivity index (χ2v) is 6.98. The van der Waals surface area contributed by atoms with Crippen LogP contribution in [-0.4, -0.2) is 41.8 Å². The van der Waals surface area contributed by atoms with E-state index in [1.54, 1.807) is 12.1 Å². The number of carboxylic acids is 1. The first-order valence-electron chi connectivity index (χ1n) is 10.0. The molecule has 1 aliphatic rings. The zero-order chi connectivity index (χ0) is 22.5. The first-order chi connectivity index (χ1) is 14.8. The Labute approximate surface area is 178 Å². The Balaban J connectivity index is 1.96. The highest BCUT2D eigenvalue weighted by atomic mass is 19.1. The molecule has 0 saturated carbocycles. The molecule has 7 nitrogen and oxygen atoms in total. The summed E-state index contributed by atoms with van der Waals surface area (Å²) >= 11 is 0. The van der Waals surface area contributed by atoms with Crippen molar-refractivity contribution in [3.05, 3.63) is 53.1 Å². The van der Waals surface area contributed by atoms with Crippen LogP contribution in [0, 0.1) is 11.6 Å². The second-order valence-electron chi connectivity index (χ2n) is 6.98. The SMILES string of the molecule is CCOc1cc2c(cc1OCC)[C@@H](CC(=O)O)N(C(=O)Nc1cc(F)ccc1F)CC2. The summed E-state index contributed by atoms with van der Waals surface area (Å²) in [5, 5.41) is 11.8. The van der Waals surface area contributed by atoms with Gasteiger partial charge < -0.3 is 24.8 Å². The van der Waals surface area contributed by atoms with Gasteiger partial charge in [0.25, 0.3) is 0 Å². The average Bonchev–Trinajstić information content (AvgIpc) is 2.71. The summed E-state index contributed by atoms with van der Waals surface area (Å²) in [5.41, 5.74) is 1.15. The molecule has 1 aliphatic heterocycles. The number of carbonyl (C=O) groups excluding carboxylic acids is 1. The molecule has 0 spiro atoms. The van der Waals surface area contributed by atoms with Gasteiger partial charge in [-0.2, -0.15) is 0 Å². The third-order valence-corrected chi connectivity index (χ3v) is 4.96. The zero-order valence-electron chi connectivity index (χ0n) is 17.3. The standard InChI is InChI=1S/C22H24F2N2O5/c1-3-30-19-9-13-7-8-26(22(29)25-17-10-14(23)5-6-16(17)24)18(12-21(27)28)15(13)11-20(19)31-4-2/h5-6,9-11,18H,3-4,7-8,12H2,1-2H3,(H,25,29)(H,27,28)/t18-/m1/s1. The molecular formula is C22H24F2N2O5. The predicted octanol–water partition coefficient (Wildman–Crippen LogP) is 4.37. The lowest BCUT2D eigenvalue weighted by atomic mass is 9.90. The molecule has 1 heterocycles. The molecule has 1 atom stereocenters. The van der Waals surface area contributed by atoms with Crippen LogP contribution in [0.1, 0.15) is 37.4 Å². The number of ether oxygens (including phenoxy) is 2. The van der Waals surface area contributed by atoms with Gasteiger partial charge in [0.05, 0.1) is 31.4 Å². The monoisotopic (exact) mass is 434 g/mol. The number of nitrogens with zero attached hydrogens (tertiary/aromatic N) is 1. The fourth-order valence-electron chi connectivity index (χ4n) is 3.65. The van der Waals surface area contributed by atoms with Gasteiger partial charge in [0.15, 0.2) is 11.5 Å². The van der Waals surface area contributed by atoms with Crippen LogP contribution in [-0.2, 0) is 11.2 Å². The van der Waals surface area contributed by atoms with Gasteiger partial charge in [0.1, 0.15) is 11.6 Å². The van der Waals surface area contributed by atoms with Crippen LogP contribution in [0.3, 0.4) is 0 Å². The molecule has 0 aromatic heterocycles. The van der Waals surface area contributed by atoms with E-state index in [0.717, 1.165) is 23.8 Å². The van der Waals surface area contributed by atoms with Crippen molar-refractivity contribution in [2.75, 3.05) is 25.1 Å². The highest BCUT2D eigenvalue weighted by Gasteiger charge is 2.34. The van der Waals surface area contributed by atoms with E-state index in [-0.39, 0.29) is 18.7 Å². The number of anilines is 1. The minimum Gasteiger partial charge on any atom is -0.490 e. The number of amides is 2. The fraction of sp³-hybridized carbons (Fsp3) is 0.364. The number of halogens is 2. The van der Waals surface area contributed by atoms with Crippen molar-refractivity contribution in [1.29, 1.82) is 0 Å². The highest BCUT2D eigenvalue weighted by molar-refractivity contribution is 5.90. The maximum atomic E-state index is 14.0. The van der Waals surface area contributed by atoms with E-state index in [1.165, 1.54) is 4.90 Å². The van der Waals surface area contributed by atoms with E-state index < -0.39 is 29.7 Å². The lowest BCUT2D eigenvalue weighted by Gasteiger charge is -2.37. The summed E-state index contributed by atoms with van der Waals surface area (Å²) in [4.78, 5) is 25.8. The molecular weight excluding hydrogens is 410 g/mol. The molecule has 0 fully saturated rings. The average molecular weight is 434 g/mol. The molecule has 3 rings (SSSR count). The molecule has 0 saturated heterocycles. The lowest BCUT2D eigenvalue weighted by Crippen LogP contribution is -2.43. The number of nitrogens with one attached hydrogen (secondary N) is 1. The van der Waals surface area contributed by atoms with Crippen molar-refractivity contribution in [3.63, 3.8) is 0 Å². The van der Waals surface area contributed by atoms with Crippen LogP contribution in [0.4, 0.5) is 19.3 Å². The second kappa shape index (κ2) is 9.63. The van der Waals surface area contributed by atoms with E-state index in [1.807, 2.05) is 13.8 Å². The summed E-state index contributed by atoms with van der Waals surface area (Å²) < 4.78 is 38.7. The quantitative estimate of drug-likeness (QED) is 0.676. The Morgan fingerprint density at radius 1 is 1.13 bits per heavy atom. The van der Waals surface area contributed by atoms with E-state index in [9.17, 15) is 23.5 Å². The van der Waals surface area contributed by atoms with Crippen LogP contribution in [0.15, 0.2) is 30.3 Å². The van der Waals surface area contributed by atoms with Crippen molar-refractivity contribution in [2.45, 2.75) is 32.7 Å². The molecule has 166 valence electrons. The summed E-state index contributed by atoms with van der Waals surface area (Å²) in [6.45, 7) is 4.68. The number of carbonyl (C=O) groups is 2. The number of aliphatic carboxylic acids is 1. The molecule has 2 aromatic rings. The minimum absolute atomic E-state index is 0.202. The Hall–Kier alpha value is -3.36. The van der Waals surface area contributed by atoms with Crippen molar-refractivity contribution >= 4 is 17.7 Å². The van der Waals surface area contributed by atoms with Crippen molar-refractivity contribution in [2.24, 2.45) is 0 Å². The Morgan fingerprint density at radius 3 is 2.45 bits per heavy atom. The molecule has 0 aliphatic carbocycles. The number of hydrogen-bond donors (Lipinski definition) is 2.